The summed E-state index contributed by atoms with van der Waals surface area (Å²) in [7, 11) is 0. The zero-order chi connectivity index (χ0) is 20.4. The Kier molecular flexibility index (Phi) is 5.27. The molecule has 0 spiro atoms. The third-order valence-corrected chi connectivity index (χ3v) is 5.81. The van der Waals surface area contributed by atoms with E-state index in [-0.39, 0.29) is 18.1 Å². The van der Waals surface area contributed by atoms with Crippen LogP contribution in [-0.4, -0.2) is 30.0 Å². The van der Waals surface area contributed by atoms with Crippen molar-refractivity contribution in [1.29, 1.82) is 0 Å². The minimum Gasteiger partial charge on any atom is -0.478 e. The quantitative estimate of drug-likeness (QED) is 0.551. The molecule has 4 rings (SSSR count). The Balaban J connectivity index is 1.49. The zero-order valence-electron chi connectivity index (χ0n) is 15.7. The number of carbonyl (C=O) groups excluding carboxylic acids is 1. The lowest BCUT2D eigenvalue weighted by Crippen LogP contribution is -2.18. The van der Waals surface area contributed by atoms with E-state index in [0.717, 1.165) is 11.1 Å². The summed E-state index contributed by atoms with van der Waals surface area (Å²) in [6.45, 7) is 0.224. The van der Waals surface area contributed by atoms with Crippen LogP contribution in [0.1, 0.15) is 27.4 Å². The van der Waals surface area contributed by atoms with Crippen molar-refractivity contribution in [2.75, 3.05) is 18.2 Å². The fraction of sp³-hybridized carbons (Fsp3) is 0.130. The molecule has 0 bridgehead atoms. The standard InChI is InChI=1S/C23H19NO4S/c1-29-21-12-14(22(25)26)10-11-20(21)24-23(27)28-13-19-17-8-4-2-6-15(17)16-7-3-5-9-18(16)19/h2-12,19H,13H2,1H3,(H,24,27)(H,25,26). The number of ether oxygens (including phenoxy) is 1. The molecular weight excluding hydrogens is 386 g/mol. The summed E-state index contributed by atoms with van der Waals surface area (Å²) in [5.41, 5.74) is 5.35. The summed E-state index contributed by atoms with van der Waals surface area (Å²) in [6.07, 6.45) is 1.26. The molecule has 0 saturated carbocycles. The minimum atomic E-state index is -1.01. The fourth-order valence-electron chi connectivity index (χ4n) is 3.67. The number of anilines is 1. The van der Waals surface area contributed by atoms with Crippen molar-refractivity contribution < 1.29 is 19.4 Å². The number of hydrogen-bond donors (Lipinski definition) is 2. The molecule has 0 fully saturated rings. The van der Waals surface area contributed by atoms with E-state index in [9.17, 15) is 9.59 Å². The van der Waals surface area contributed by atoms with Crippen molar-refractivity contribution in [3.63, 3.8) is 0 Å². The molecule has 0 saturated heterocycles. The summed E-state index contributed by atoms with van der Waals surface area (Å²) >= 11 is 1.36. The minimum absolute atomic E-state index is 0.0115. The lowest BCUT2D eigenvalue weighted by molar-refractivity contribution is 0.0696. The number of thioether (sulfide) groups is 1. The van der Waals surface area contributed by atoms with Crippen LogP contribution in [0.2, 0.25) is 0 Å². The molecule has 3 aromatic carbocycles. The number of hydrogen-bond acceptors (Lipinski definition) is 4. The van der Waals surface area contributed by atoms with Crippen LogP contribution in [0.4, 0.5) is 10.5 Å². The Morgan fingerprint density at radius 3 is 2.21 bits per heavy atom. The van der Waals surface area contributed by atoms with Gasteiger partial charge in [0.05, 0.1) is 11.3 Å². The molecule has 29 heavy (non-hydrogen) atoms. The first-order valence-corrected chi connectivity index (χ1v) is 10.3. The molecule has 0 aliphatic heterocycles. The maximum atomic E-state index is 12.4. The predicted molar refractivity (Wildman–Crippen MR) is 114 cm³/mol. The second-order valence-corrected chi connectivity index (χ2v) is 7.52. The number of carboxylic acids is 1. The van der Waals surface area contributed by atoms with E-state index in [4.69, 9.17) is 9.84 Å². The molecule has 0 unspecified atom stereocenters. The van der Waals surface area contributed by atoms with Crippen LogP contribution in [0.5, 0.6) is 0 Å². The molecule has 0 radical (unpaired) electrons. The molecule has 0 heterocycles. The molecular formula is C23H19NO4S. The average molecular weight is 405 g/mol. The molecule has 146 valence electrons. The van der Waals surface area contributed by atoms with Gasteiger partial charge in [-0.15, -0.1) is 11.8 Å². The average Bonchev–Trinajstić information content (AvgIpc) is 3.06. The Morgan fingerprint density at radius 2 is 1.62 bits per heavy atom. The largest absolute Gasteiger partial charge is 0.478 e. The lowest BCUT2D eigenvalue weighted by Gasteiger charge is -2.15. The van der Waals surface area contributed by atoms with Gasteiger partial charge in [0.2, 0.25) is 0 Å². The Bertz CT molecular complexity index is 1050. The number of amides is 1. The second kappa shape index (κ2) is 8.01. The Morgan fingerprint density at radius 1 is 1.00 bits per heavy atom. The van der Waals surface area contributed by atoms with Gasteiger partial charge in [0.15, 0.2) is 0 Å². The van der Waals surface area contributed by atoms with E-state index < -0.39 is 12.1 Å². The van der Waals surface area contributed by atoms with E-state index in [1.54, 1.807) is 6.07 Å². The van der Waals surface area contributed by atoms with Crippen molar-refractivity contribution in [1.82, 2.24) is 0 Å². The van der Waals surface area contributed by atoms with E-state index >= 15 is 0 Å². The van der Waals surface area contributed by atoms with Crippen molar-refractivity contribution in [2.24, 2.45) is 0 Å². The highest BCUT2D eigenvalue weighted by Gasteiger charge is 2.29. The van der Waals surface area contributed by atoms with Crippen molar-refractivity contribution in [2.45, 2.75) is 10.8 Å². The summed E-state index contributed by atoms with van der Waals surface area (Å²) in [5.74, 6) is -1.02. The van der Waals surface area contributed by atoms with Crippen LogP contribution in [0.15, 0.2) is 71.6 Å². The molecule has 0 aromatic heterocycles. The maximum absolute atomic E-state index is 12.4. The van der Waals surface area contributed by atoms with Crippen molar-refractivity contribution in [3.8, 4) is 11.1 Å². The molecule has 1 aliphatic rings. The SMILES string of the molecule is CSc1cc(C(=O)O)ccc1NC(=O)OCC1c2ccccc2-c2ccccc21. The molecule has 1 amide bonds. The van der Waals surface area contributed by atoms with Crippen LogP contribution in [0.25, 0.3) is 11.1 Å². The third kappa shape index (κ3) is 3.71. The topological polar surface area (TPSA) is 75.6 Å². The van der Waals surface area contributed by atoms with E-state index in [1.807, 2.05) is 30.5 Å². The van der Waals surface area contributed by atoms with Crippen molar-refractivity contribution in [3.05, 3.63) is 83.4 Å². The number of fused-ring (bicyclic) bond motifs is 3. The highest BCUT2D eigenvalue weighted by molar-refractivity contribution is 7.98. The number of nitrogens with one attached hydrogen (secondary N) is 1. The third-order valence-electron chi connectivity index (χ3n) is 5.03. The van der Waals surface area contributed by atoms with Gasteiger partial charge >= 0.3 is 12.1 Å². The monoisotopic (exact) mass is 405 g/mol. The second-order valence-electron chi connectivity index (χ2n) is 6.67. The van der Waals surface area contributed by atoms with E-state index in [0.29, 0.717) is 10.6 Å². The van der Waals surface area contributed by atoms with Crippen LogP contribution in [0, 0.1) is 0 Å². The summed E-state index contributed by atoms with van der Waals surface area (Å²) in [6, 6.07) is 20.9. The normalized spacial score (nSPS) is 12.2. The maximum Gasteiger partial charge on any atom is 0.411 e. The highest BCUT2D eigenvalue weighted by atomic mass is 32.2. The number of aromatic carboxylic acids is 1. The Hall–Kier alpha value is -3.25. The van der Waals surface area contributed by atoms with E-state index in [2.05, 4.69) is 29.6 Å². The van der Waals surface area contributed by atoms with Gasteiger partial charge < -0.3 is 9.84 Å². The van der Waals surface area contributed by atoms with Gasteiger partial charge in [0, 0.05) is 10.8 Å². The van der Waals surface area contributed by atoms with E-state index in [1.165, 1.54) is 35.0 Å². The molecule has 6 heteroatoms. The number of carbonyl (C=O) groups is 2. The van der Waals surface area contributed by atoms with Gasteiger partial charge in [-0.3, -0.25) is 5.32 Å². The predicted octanol–water partition coefficient (Wildman–Crippen LogP) is 5.47. The van der Waals surface area contributed by atoms with Gasteiger partial charge in [0.1, 0.15) is 6.61 Å². The lowest BCUT2D eigenvalue weighted by atomic mass is 9.98. The first kappa shape index (κ1) is 19.1. The molecule has 5 nitrogen and oxygen atoms in total. The smallest absolute Gasteiger partial charge is 0.411 e. The first-order valence-electron chi connectivity index (χ1n) is 9.12. The number of rotatable bonds is 5. The first-order chi connectivity index (χ1) is 14.1. The van der Waals surface area contributed by atoms with Crippen LogP contribution < -0.4 is 5.32 Å². The van der Waals surface area contributed by atoms with Crippen LogP contribution in [0.3, 0.4) is 0 Å². The van der Waals surface area contributed by atoms with Crippen molar-refractivity contribution >= 4 is 29.5 Å². The van der Waals surface area contributed by atoms with Crippen LogP contribution >= 0.6 is 11.8 Å². The summed E-state index contributed by atoms with van der Waals surface area (Å²) < 4.78 is 5.55. The zero-order valence-corrected chi connectivity index (χ0v) is 16.5. The number of benzene rings is 3. The van der Waals surface area contributed by atoms with Gasteiger partial charge in [-0.2, -0.15) is 0 Å². The van der Waals surface area contributed by atoms with Gasteiger partial charge in [-0.05, 0) is 46.7 Å². The summed E-state index contributed by atoms with van der Waals surface area (Å²) in [4.78, 5) is 24.2. The molecule has 1 aliphatic carbocycles. The summed E-state index contributed by atoms with van der Waals surface area (Å²) in [5, 5.41) is 11.8. The Labute approximate surface area is 172 Å². The molecule has 0 atom stereocenters. The highest BCUT2D eigenvalue weighted by Crippen LogP contribution is 2.44. The fourth-order valence-corrected chi connectivity index (χ4v) is 4.26. The van der Waals surface area contributed by atoms with Crippen LogP contribution in [-0.2, 0) is 4.74 Å². The van der Waals surface area contributed by atoms with Gasteiger partial charge in [-0.1, -0.05) is 48.5 Å². The molecule has 2 N–H and O–H groups in total. The molecule has 3 aromatic rings. The number of carboxylic acid groups (broad SMARTS) is 1. The van der Waals surface area contributed by atoms with Gasteiger partial charge in [-0.25, -0.2) is 9.59 Å². The van der Waals surface area contributed by atoms with Gasteiger partial charge in [0.25, 0.3) is 0 Å².